The van der Waals surface area contributed by atoms with E-state index in [9.17, 15) is 0 Å². The third kappa shape index (κ3) is 2.14. The predicted octanol–water partition coefficient (Wildman–Crippen LogP) is 3.90. The van der Waals surface area contributed by atoms with Crippen molar-refractivity contribution in [2.24, 2.45) is 5.92 Å². The zero-order valence-corrected chi connectivity index (χ0v) is 11.0. The summed E-state index contributed by atoms with van der Waals surface area (Å²) < 4.78 is 2.54. The molecule has 0 N–H and O–H groups in total. The predicted molar refractivity (Wildman–Crippen MR) is 70.2 cm³/mol. The molecule has 2 aliphatic rings. The van der Waals surface area contributed by atoms with Crippen LogP contribution in [0.15, 0.2) is 6.33 Å². The maximum atomic E-state index is 4.65. The third-order valence-electron chi connectivity index (χ3n) is 4.79. The van der Waals surface area contributed by atoms with Gasteiger partial charge >= 0.3 is 0 Å². The second-order valence-electron chi connectivity index (χ2n) is 5.85. The van der Waals surface area contributed by atoms with Gasteiger partial charge in [-0.25, -0.2) is 4.98 Å². The summed E-state index contributed by atoms with van der Waals surface area (Å²) in [6, 6.07) is 0.753. The van der Waals surface area contributed by atoms with E-state index >= 15 is 0 Å². The van der Waals surface area contributed by atoms with Gasteiger partial charge in [-0.1, -0.05) is 26.2 Å². The first-order chi connectivity index (χ1) is 8.38. The van der Waals surface area contributed by atoms with Gasteiger partial charge in [0, 0.05) is 11.7 Å². The summed E-state index contributed by atoms with van der Waals surface area (Å²) in [6.45, 7) is 2.34. The Kier molecular flexibility index (Phi) is 3.21. The van der Waals surface area contributed by atoms with Crippen molar-refractivity contribution >= 4 is 0 Å². The molecular formula is C15H24N2. The number of fused-ring (bicyclic) bond motifs is 1. The molecule has 2 aliphatic carbocycles. The molecule has 1 aromatic heterocycles. The standard InChI is InChI=1S/C15H24N2/c1-2-12-6-5-7-13(10-12)17-11-16-14-8-3-4-9-15(14)17/h11-13H,2-10H2,1H3. The number of nitrogens with zero attached hydrogens (tertiary/aromatic N) is 2. The van der Waals surface area contributed by atoms with Gasteiger partial charge in [-0.05, 0) is 44.4 Å². The molecule has 0 bridgehead atoms. The topological polar surface area (TPSA) is 17.8 Å². The fraction of sp³-hybridized carbons (Fsp3) is 0.800. The summed E-state index contributed by atoms with van der Waals surface area (Å²) >= 11 is 0. The molecule has 0 aromatic carbocycles. The fourth-order valence-electron chi connectivity index (χ4n) is 3.69. The third-order valence-corrected chi connectivity index (χ3v) is 4.79. The molecule has 0 saturated heterocycles. The summed E-state index contributed by atoms with van der Waals surface area (Å²) in [5, 5.41) is 0. The number of aryl methyl sites for hydroxylation is 1. The molecule has 1 fully saturated rings. The summed E-state index contributed by atoms with van der Waals surface area (Å²) in [5.74, 6) is 0.954. The normalized spacial score (nSPS) is 29.0. The molecule has 1 saturated carbocycles. The molecule has 94 valence electrons. The van der Waals surface area contributed by atoms with E-state index < -0.39 is 0 Å². The molecule has 0 aliphatic heterocycles. The Balaban J connectivity index is 1.81. The van der Waals surface area contributed by atoms with E-state index in [1.165, 1.54) is 63.5 Å². The largest absolute Gasteiger partial charge is 0.331 e. The van der Waals surface area contributed by atoms with Crippen molar-refractivity contribution in [3.8, 4) is 0 Å². The van der Waals surface area contributed by atoms with Gasteiger partial charge in [0.25, 0.3) is 0 Å². The van der Waals surface area contributed by atoms with E-state index in [0.717, 1.165) is 12.0 Å². The second-order valence-corrected chi connectivity index (χ2v) is 5.85. The van der Waals surface area contributed by atoms with E-state index in [-0.39, 0.29) is 0 Å². The first kappa shape index (κ1) is 11.3. The van der Waals surface area contributed by atoms with Crippen molar-refractivity contribution in [1.29, 1.82) is 0 Å². The molecule has 2 unspecified atom stereocenters. The minimum atomic E-state index is 0.753. The average molecular weight is 232 g/mol. The van der Waals surface area contributed by atoms with Gasteiger partial charge in [0.1, 0.15) is 0 Å². The maximum Gasteiger partial charge on any atom is 0.0954 e. The minimum Gasteiger partial charge on any atom is -0.331 e. The smallest absolute Gasteiger partial charge is 0.0954 e. The summed E-state index contributed by atoms with van der Waals surface area (Å²) in [6.07, 6.45) is 14.3. The highest BCUT2D eigenvalue weighted by Gasteiger charge is 2.25. The van der Waals surface area contributed by atoms with Crippen LogP contribution >= 0.6 is 0 Å². The van der Waals surface area contributed by atoms with Crippen molar-refractivity contribution < 1.29 is 0 Å². The summed E-state index contributed by atoms with van der Waals surface area (Å²) in [7, 11) is 0. The second kappa shape index (κ2) is 4.83. The lowest BCUT2D eigenvalue weighted by atomic mass is 9.84. The lowest BCUT2D eigenvalue weighted by Crippen LogP contribution is -2.21. The molecule has 1 heterocycles. The van der Waals surface area contributed by atoms with Gasteiger partial charge in [-0.3, -0.25) is 0 Å². The zero-order valence-electron chi connectivity index (χ0n) is 11.0. The number of aromatic nitrogens is 2. The molecule has 0 radical (unpaired) electrons. The monoisotopic (exact) mass is 232 g/mol. The Bertz CT molecular complexity index is 380. The maximum absolute atomic E-state index is 4.65. The first-order valence-corrected chi connectivity index (χ1v) is 7.43. The van der Waals surface area contributed by atoms with Gasteiger partial charge in [-0.2, -0.15) is 0 Å². The van der Waals surface area contributed by atoms with Crippen LogP contribution in [0.3, 0.4) is 0 Å². The van der Waals surface area contributed by atoms with E-state index in [1.54, 1.807) is 5.69 Å². The minimum absolute atomic E-state index is 0.753. The first-order valence-electron chi connectivity index (χ1n) is 7.43. The van der Waals surface area contributed by atoms with Crippen molar-refractivity contribution in [3.63, 3.8) is 0 Å². The number of hydrogen-bond donors (Lipinski definition) is 0. The molecule has 2 heteroatoms. The molecule has 3 rings (SSSR count). The molecule has 2 nitrogen and oxygen atoms in total. The van der Waals surface area contributed by atoms with Crippen LogP contribution in [0.4, 0.5) is 0 Å². The van der Waals surface area contributed by atoms with Crippen molar-refractivity contribution in [1.82, 2.24) is 9.55 Å². The molecule has 17 heavy (non-hydrogen) atoms. The van der Waals surface area contributed by atoms with Crippen LogP contribution in [0.25, 0.3) is 0 Å². The molecule has 2 atom stereocenters. The number of rotatable bonds is 2. The lowest BCUT2D eigenvalue weighted by molar-refractivity contribution is 0.257. The van der Waals surface area contributed by atoms with Gasteiger partial charge in [0.15, 0.2) is 0 Å². The number of hydrogen-bond acceptors (Lipinski definition) is 1. The highest BCUT2D eigenvalue weighted by atomic mass is 15.1. The van der Waals surface area contributed by atoms with E-state index in [0.29, 0.717) is 0 Å². The Morgan fingerprint density at radius 1 is 1.24 bits per heavy atom. The van der Waals surface area contributed by atoms with Crippen molar-refractivity contribution in [2.45, 2.75) is 70.8 Å². The van der Waals surface area contributed by atoms with Crippen LogP contribution in [0, 0.1) is 5.92 Å². The lowest BCUT2D eigenvalue weighted by Gasteiger charge is -2.31. The highest BCUT2D eigenvalue weighted by Crippen LogP contribution is 2.36. The highest BCUT2D eigenvalue weighted by molar-refractivity contribution is 5.17. The fourth-order valence-corrected chi connectivity index (χ4v) is 3.69. The van der Waals surface area contributed by atoms with Gasteiger partial charge in [-0.15, -0.1) is 0 Å². The Morgan fingerprint density at radius 3 is 3.00 bits per heavy atom. The van der Waals surface area contributed by atoms with E-state index in [1.807, 2.05) is 0 Å². The van der Waals surface area contributed by atoms with Crippen molar-refractivity contribution in [3.05, 3.63) is 17.7 Å². The number of imidazole rings is 1. The SMILES string of the molecule is CCC1CCCC(n2cnc3c2CCCC3)C1. The summed E-state index contributed by atoms with van der Waals surface area (Å²) in [4.78, 5) is 4.65. The van der Waals surface area contributed by atoms with Crippen molar-refractivity contribution in [2.75, 3.05) is 0 Å². The van der Waals surface area contributed by atoms with Crippen LogP contribution in [-0.2, 0) is 12.8 Å². The molecular weight excluding hydrogens is 208 g/mol. The summed E-state index contributed by atoms with van der Waals surface area (Å²) in [5.41, 5.74) is 2.97. The van der Waals surface area contributed by atoms with E-state index in [2.05, 4.69) is 22.8 Å². The van der Waals surface area contributed by atoms with Gasteiger partial charge in [0.05, 0.1) is 12.0 Å². The van der Waals surface area contributed by atoms with Crippen LogP contribution < -0.4 is 0 Å². The van der Waals surface area contributed by atoms with Crippen LogP contribution in [-0.4, -0.2) is 9.55 Å². The van der Waals surface area contributed by atoms with Gasteiger partial charge < -0.3 is 4.57 Å². The average Bonchev–Trinajstić information content (AvgIpc) is 2.82. The van der Waals surface area contributed by atoms with E-state index in [4.69, 9.17) is 0 Å². The Labute approximate surface area is 104 Å². The molecule has 0 amide bonds. The van der Waals surface area contributed by atoms with Crippen LogP contribution in [0.2, 0.25) is 0 Å². The quantitative estimate of drug-likeness (QED) is 0.756. The molecule has 1 aromatic rings. The van der Waals surface area contributed by atoms with Crippen LogP contribution in [0.5, 0.6) is 0 Å². The Hall–Kier alpha value is -0.790. The Morgan fingerprint density at radius 2 is 2.12 bits per heavy atom. The van der Waals surface area contributed by atoms with Gasteiger partial charge in [0.2, 0.25) is 0 Å². The van der Waals surface area contributed by atoms with Crippen LogP contribution in [0.1, 0.15) is 69.3 Å². The molecule has 0 spiro atoms. The zero-order chi connectivity index (χ0) is 11.7.